The number of aromatic nitrogens is 2. The van der Waals surface area contributed by atoms with Crippen molar-refractivity contribution in [1.29, 1.82) is 0 Å². The minimum absolute atomic E-state index is 0.323. The number of benzene rings is 2. The summed E-state index contributed by atoms with van der Waals surface area (Å²) in [5, 5.41) is 3.90. The largest absolute Gasteiger partial charge is 0.379 e. The van der Waals surface area contributed by atoms with Gasteiger partial charge in [-0.05, 0) is 35.2 Å². The van der Waals surface area contributed by atoms with Crippen LogP contribution in [0, 0.1) is 0 Å². The van der Waals surface area contributed by atoms with Gasteiger partial charge in [0.25, 0.3) is 0 Å². The zero-order valence-electron chi connectivity index (χ0n) is 17.2. The molecule has 0 N–H and O–H groups in total. The molecule has 9 heteroatoms. The molecule has 4 aromatic rings. The Bertz CT molecular complexity index is 1340. The number of para-hydroxylation sites is 1. The van der Waals surface area contributed by atoms with Crippen LogP contribution in [-0.4, -0.2) is 49.0 Å². The Kier molecular flexibility index (Phi) is 6.25. The van der Waals surface area contributed by atoms with Gasteiger partial charge in [0, 0.05) is 24.2 Å². The SMILES string of the molecule is O=S(=O)(c1cccc(CSc2nc(-c3cccs3)nc3ccccc23)c1)N1CCOCC1. The van der Waals surface area contributed by atoms with Gasteiger partial charge in [-0.25, -0.2) is 18.4 Å². The lowest BCUT2D eigenvalue weighted by atomic mass is 10.2. The highest BCUT2D eigenvalue weighted by Crippen LogP contribution is 2.32. The monoisotopic (exact) mass is 483 g/mol. The van der Waals surface area contributed by atoms with Crippen LogP contribution in [-0.2, 0) is 20.5 Å². The lowest BCUT2D eigenvalue weighted by molar-refractivity contribution is 0.0730. The smallest absolute Gasteiger partial charge is 0.243 e. The Labute approximate surface area is 195 Å². The van der Waals surface area contributed by atoms with Gasteiger partial charge in [0.15, 0.2) is 5.82 Å². The molecule has 0 saturated carbocycles. The number of ether oxygens (including phenoxy) is 1. The molecule has 1 aliphatic rings. The highest BCUT2D eigenvalue weighted by molar-refractivity contribution is 7.98. The van der Waals surface area contributed by atoms with Crippen LogP contribution < -0.4 is 0 Å². The van der Waals surface area contributed by atoms with Crippen molar-refractivity contribution >= 4 is 44.0 Å². The third-order valence-corrected chi connectivity index (χ3v) is 9.01. The molecular formula is C23H21N3O3S3. The molecule has 164 valence electrons. The van der Waals surface area contributed by atoms with E-state index in [-0.39, 0.29) is 0 Å². The molecule has 2 aromatic carbocycles. The van der Waals surface area contributed by atoms with E-state index in [1.54, 1.807) is 41.3 Å². The highest BCUT2D eigenvalue weighted by Gasteiger charge is 2.26. The maximum atomic E-state index is 13.0. The van der Waals surface area contributed by atoms with Crippen LogP contribution in [0.2, 0.25) is 0 Å². The van der Waals surface area contributed by atoms with Gasteiger partial charge in [0.05, 0.1) is 28.5 Å². The Balaban J connectivity index is 1.42. The first kappa shape index (κ1) is 21.5. The van der Waals surface area contributed by atoms with Crippen molar-refractivity contribution in [3.63, 3.8) is 0 Å². The molecule has 0 atom stereocenters. The summed E-state index contributed by atoms with van der Waals surface area (Å²) < 4.78 is 32.8. The van der Waals surface area contributed by atoms with Gasteiger partial charge >= 0.3 is 0 Å². The standard InChI is InChI=1S/C23H21N3O3S3/c27-32(28,26-10-12-29-13-11-26)18-6-3-5-17(15-18)16-31-23-19-7-1-2-8-20(19)24-22(25-23)21-9-4-14-30-21/h1-9,14-15H,10-13,16H2. The quantitative estimate of drug-likeness (QED) is 0.293. The van der Waals surface area contributed by atoms with Gasteiger partial charge < -0.3 is 4.74 Å². The number of thiophene rings is 1. The van der Waals surface area contributed by atoms with Crippen LogP contribution in [0.1, 0.15) is 5.56 Å². The lowest BCUT2D eigenvalue weighted by Gasteiger charge is -2.26. The lowest BCUT2D eigenvalue weighted by Crippen LogP contribution is -2.40. The molecular weight excluding hydrogens is 462 g/mol. The van der Waals surface area contributed by atoms with E-state index in [0.29, 0.717) is 42.8 Å². The van der Waals surface area contributed by atoms with Gasteiger partial charge in [0.2, 0.25) is 10.0 Å². The van der Waals surface area contributed by atoms with Crippen molar-refractivity contribution in [2.24, 2.45) is 0 Å². The summed E-state index contributed by atoms with van der Waals surface area (Å²) in [6, 6.07) is 19.2. The number of sulfonamides is 1. The normalized spacial score (nSPS) is 15.2. The molecule has 3 heterocycles. The van der Waals surface area contributed by atoms with E-state index in [0.717, 1.165) is 26.4 Å². The third kappa shape index (κ3) is 4.44. The minimum atomic E-state index is -3.52. The van der Waals surface area contributed by atoms with Gasteiger partial charge in [-0.1, -0.05) is 36.4 Å². The summed E-state index contributed by atoms with van der Waals surface area (Å²) in [4.78, 5) is 10.9. The molecule has 1 aliphatic heterocycles. The number of thioether (sulfide) groups is 1. The molecule has 2 aromatic heterocycles. The fraction of sp³-hybridized carbons (Fsp3) is 0.217. The third-order valence-electron chi connectivity index (χ3n) is 5.19. The second-order valence-corrected chi connectivity index (χ2v) is 11.1. The van der Waals surface area contributed by atoms with Gasteiger partial charge in [-0.3, -0.25) is 0 Å². The Morgan fingerprint density at radius 2 is 1.84 bits per heavy atom. The Morgan fingerprint density at radius 1 is 1.00 bits per heavy atom. The number of fused-ring (bicyclic) bond motifs is 1. The fourth-order valence-electron chi connectivity index (χ4n) is 3.56. The van der Waals surface area contributed by atoms with Crippen molar-refractivity contribution in [3.05, 3.63) is 71.6 Å². The first-order valence-corrected chi connectivity index (χ1v) is 13.5. The van der Waals surface area contributed by atoms with E-state index in [1.807, 2.05) is 47.8 Å². The predicted molar refractivity (Wildman–Crippen MR) is 128 cm³/mol. The maximum absolute atomic E-state index is 13.0. The van der Waals surface area contributed by atoms with Crippen LogP contribution >= 0.6 is 23.1 Å². The van der Waals surface area contributed by atoms with E-state index >= 15 is 0 Å². The fourth-order valence-corrected chi connectivity index (χ4v) is 6.66. The van der Waals surface area contributed by atoms with Crippen molar-refractivity contribution < 1.29 is 13.2 Å². The first-order valence-electron chi connectivity index (χ1n) is 10.2. The van der Waals surface area contributed by atoms with Crippen molar-refractivity contribution in [3.8, 4) is 10.7 Å². The van der Waals surface area contributed by atoms with E-state index in [2.05, 4.69) is 0 Å². The first-order chi connectivity index (χ1) is 15.6. The van der Waals surface area contributed by atoms with Crippen molar-refractivity contribution in [2.75, 3.05) is 26.3 Å². The minimum Gasteiger partial charge on any atom is -0.379 e. The number of morpholine rings is 1. The number of nitrogens with zero attached hydrogens (tertiary/aromatic N) is 3. The Hall–Kier alpha value is -2.30. The summed E-state index contributed by atoms with van der Waals surface area (Å²) in [7, 11) is -3.52. The average molecular weight is 484 g/mol. The molecule has 1 saturated heterocycles. The van der Waals surface area contributed by atoms with Crippen LogP contribution in [0.25, 0.3) is 21.6 Å². The molecule has 1 fully saturated rings. The number of hydrogen-bond donors (Lipinski definition) is 0. The van der Waals surface area contributed by atoms with Gasteiger partial charge in [-0.2, -0.15) is 4.31 Å². The molecule has 0 bridgehead atoms. The summed E-state index contributed by atoms with van der Waals surface area (Å²) in [6.07, 6.45) is 0. The summed E-state index contributed by atoms with van der Waals surface area (Å²) in [5.41, 5.74) is 1.83. The summed E-state index contributed by atoms with van der Waals surface area (Å²) >= 11 is 3.21. The number of hydrogen-bond acceptors (Lipinski definition) is 7. The molecule has 0 aliphatic carbocycles. The van der Waals surface area contributed by atoms with Gasteiger partial charge in [0.1, 0.15) is 5.03 Å². The van der Waals surface area contributed by atoms with E-state index < -0.39 is 10.0 Å². The Morgan fingerprint density at radius 3 is 2.66 bits per heavy atom. The zero-order chi connectivity index (χ0) is 22.0. The summed E-state index contributed by atoms with van der Waals surface area (Å²) in [6.45, 7) is 1.64. The van der Waals surface area contributed by atoms with Crippen LogP contribution in [0.3, 0.4) is 0 Å². The summed E-state index contributed by atoms with van der Waals surface area (Å²) in [5.74, 6) is 1.32. The maximum Gasteiger partial charge on any atom is 0.243 e. The molecule has 0 spiro atoms. The second-order valence-electron chi connectivity index (χ2n) is 7.30. The van der Waals surface area contributed by atoms with Crippen LogP contribution in [0.4, 0.5) is 0 Å². The van der Waals surface area contributed by atoms with Crippen molar-refractivity contribution in [2.45, 2.75) is 15.7 Å². The average Bonchev–Trinajstić information content (AvgIpc) is 3.38. The van der Waals surface area contributed by atoms with Crippen LogP contribution in [0.15, 0.2) is 76.0 Å². The van der Waals surface area contributed by atoms with E-state index in [4.69, 9.17) is 14.7 Å². The highest BCUT2D eigenvalue weighted by atomic mass is 32.2. The molecule has 0 radical (unpaired) electrons. The van der Waals surface area contributed by atoms with Crippen molar-refractivity contribution in [1.82, 2.24) is 14.3 Å². The zero-order valence-corrected chi connectivity index (χ0v) is 19.6. The number of rotatable bonds is 6. The predicted octanol–water partition coefficient (Wildman–Crippen LogP) is 4.67. The molecule has 32 heavy (non-hydrogen) atoms. The second kappa shape index (κ2) is 9.29. The topological polar surface area (TPSA) is 72.4 Å². The van der Waals surface area contributed by atoms with E-state index in [9.17, 15) is 8.42 Å². The molecule has 0 unspecified atom stereocenters. The van der Waals surface area contributed by atoms with E-state index in [1.165, 1.54) is 4.31 Å². The van der Waals surface area contributed by atoms with Gasteiger partial charge in [-0.15, -0.1) is 23.1 Å². The molecule has 5 rings (SSSR count). The van der Waals surface area contributed by atoms with Crippen LogP contribution in [0.5, 0.6) is 0 Å². The molecule has 6 nitrogen and oxygen atoms in total. The molecule has 0 amide bonds.